The summed E-state index contributed by atoms with van der Waals surface area (Å²) >= 11 is 1.76. The predicted octanol–water partition coefficient (Wildman–Crippen LogP) is 4.45. The van der Waals surface area contributed by atoms with E-state index in [0.29, 0.717) is 17.2 Å². The molecule has 1 heterocycles. The molecular weight excluding hydrogens is 400 g/mol. The maximum atomic E-state index is 12.3. The standard InChI is InChI=1S/C23H36N2O4S/c1-23(2,3)29-22(28)25-11-4-6-17(10-12-25)7-5-13-30-19-8-9-20(21(24)14-19)18(15-26)16-27/h8-9,14-15,17-18,27H,4-7,10-13,16,24H2,1-3H3. The summed E-state index contributed by atoms with van der Waals surface area (Å²) in [4.78, 5) is 26.2. The number of carbonyl (C=O) groups excluding carboxylic acids is 2. The zero-order chi connectivity index (χ0) is 22.1. The van der Waals surface area contributed by atoms with Crippen molar-refractivity contribution in [1.82, 2.24) is 4.90 Å². The molecule has 2 unspecified atom stereocenters. The van der Waals surface area contributed by atoms with Crippen molar-refractivity contribution in [2.24, 2.45) is 5.92 Å². The number of rotatable bonds is 8. The smallest absolute Gasteiger partial charge is 0.410 e. The molecule has 1 saturated heterocycles. The van der Waals surface area contributed by atoms with Gasteiger partial charge in [-0.25, -0.2) is 4.79 Å². The van der Waals surface area contributed by atoms with E-state index >= 15 is 0 Å². The van der Waals surface area contributed by atoms with Crippen molar-refractivity contribution in [3.05, 3.63) is 23.8 Å². The number of ether oxygens (including phenoxy) is 1. The number of nitrogens with zero attached hydrogens (tertiary/aromatic N) is 1. The average Bonchev–Trinajstić information content (AvgIpc) is 2.92. The third-order valence-electron chi connectivity index (χ3n) is 5.34. The summed E-state index contributed by atoms with van der Waals surface area (Å²) in [7, 11) is 0. The van der Waals surface area contributed by atoms with Gasteiger partial charge < -0.3 is 25.3 Å². The maximum Gasteiger partial charge on any atom is 0.410 e. The van der Waals surface area contributed by atoms with Gasteiger partial charge in [0.25, 0.3) is 0 Å². The third-order valence-corrected chi connectivity index (χ3v) is 6.42. The van der Waals surface area contributed by atoms with Crippen LogP contribution in [0.5, 0.6) is 0 Å². The number of aldehydes is 1. The van der Waals surface area contributed by atoms with Crippen LogP contribution in [0.2, 0.25) is 0 Å². The summed E-state index contributed by atoms with van der Waals surface area (Å²) in [6.07, 6.45) is 6.00. The fourth-order valence-corrected chi connectivity index (χ4v) is 4.64. The minimum Gasteiger partial charge on any atom is -0.444 e. The number of hydrogen-bond acceptors (Lipinski definition) is 6. The van der Waals surface area contributed by atoms with Crippen LogP contribution >= 0.6 is 11.8 Å². The molecule has 0 aliphatic carbocycles. The molecule has 0 bridgehead atoms. The third kappa shape index (κ3) is 7.84. The lowest BCUT2D eigenvalue weighted by molar-refractivity contribution is -0.109. The lowest BCUT2D eigenvalue weighted by atomic mass is 9.96. The van der Waals surface area contributed by atoms with E-state index in [4.69, 9.17) is 10.5 Å². The molecule has 1 fully saturated rings. The van der Waals surface area contributed by atoms with Gasteiger partial charge in [0.15, 0.2) is 0 Å². The highest BCUT2D eigenvalue weighted by Gasteiger charge is 2.25. The van der Waals surface area contributed by atoms with Crippen molar-refractivity contribution < 1.29 is 19.4 Å². The Labute approximate surface area is 184 Å². The highest BCUT2D eigenvalue weighted by atomic mass is 32.2. The van der Waals surface area contributed by atoms with Crippen LogP contribution in [0.1, 0.15) is 64.4 Å². The molecule has 30 heavy (non-hydrogen) atoms. The second kappa shape index (κ2) is 11.6. The van der Waals surface area contributed by atoms with Crippen molar-refractivity contribution >= 4 is 29.8 Å². The zero-order valence-corrected chi connectivity index (χ0v) is 19.2. The van der Waals surface area contributed by atoms with Crippen molar-refractivity contribution in [2.45, 2.75) is 69.3 Å². The van der Waals surface area contributed by atoms with E-state index < -0.39 is 11.5 Å². The van der Waals surface area contributed by atoms with Gasteiger partial charge in [-0.2, -0.15) is 0 Å². The molecule has 1 aromatic rings. The highest BCUT2D eigenvalue weighted by Crippen LogP contribution is 2.29. The predicted molar refractivity (Wildman–Crippen MR) is 122 cm³/mol. The largest absolute Gasteiger partial charge is 0.444 e. The fraction of sp³-hybridized carbons (Fsp3) is 0.652. The Bertz CT molecular complexity index is 705. The van der Waals surface area contributed by atoms with Crippen LogP contribution in [-0.4, -0.2) is 53.4 Å². The fourth-order valence-electron chi connectivity index (χ4n) is 3.72. The van der Waals surface area contributed by atoms with Gasteiger partial charge in [0.2, 0.25) is 0 Å². The molecular formula is C23H36N2O4S. The lowest BCUT2D eigenvalue weighted by Gasteiger charge is -2.26. The Balaban J connectivity index is 1.74. The molecule has 1 amide bonds. The van der Waals surface area contributed by atoms with Crippen LogP contribution in [0.15, 0.2) is 23.1 Å². The van der Waals surface area contributed by atoms with Crippen LogP contribution < -0.4 is 5.73 Å². The van der Waals surface area contributed by atoms with E-state index in [1.165, 1.54) is 0 Å². The first-order chi connectivity index (χ1) is 14.2. The molecule has 2 atom stereocenters. The number of likely N-dealkylation sites (tertiary alicyclic amines) is 1. The second-order valence-electron chi connectivity index (χ2n) is 8.97. The number of nitrogens with two attached hydrogens (primary N) is 1. The van der Waals surface area contributed by atoms with Crippen molar-refractivity contribution in [2.75, 3.05) is 31.2 Å². The molecule has 0 saturated carbocycles. The Morgan fingerprint density at radius 3 is 2.77 bits per heavy atom. The minimum atomic E-state index is -0.556. The van der Waals surface area contributed by atoms with Crippen molar-refractivity contribution in [3.8, 4) is 0 Å². The minimum absolute atomic E-state index is 0.197. The molecule has 1 aromatic carbocycles. The number of aliphatic hydroxyl groups excluding tert-OH is 1. The summed E-state index contributed by atoms with van der Waals surface area (Å²) in [6, 6.07) is 5.69. The summed E-state index contributed by atoms with van der Waals surface area (Å²) in [6.45, 7) is 7.02. The molecule has 1 aliphatic rings. The maximum absolute atomic E-state index is 12.3. The number of amides is 1. The van der Waals surface area contributed by atoms with E-state index in [1.807, 2.05) is 43.9 Å². The molecule has 3 N–H and O–H groups in total. The normalized spacial score (nSPS) is 18.5. The average molecular weight is 437 g/mol. The van der Waals surface area contributed by atoms with E-state index in [2.05, 4.69) is 0 Å². The quantitative estimate of drug-likeness (QED) is 0.271. The van der Waals surface area contributed by atoms with Gasteiger partial charge >= 0.3 is 6.09 Å². The molecule has 0 spiro atoms. The Kier molecular flexibility index (Phi) is 9.49. The zero-order valence-electron chi connectivity index (χ0n) is 18.4. The van der Waals surface area contributed by atoms with E-state index in [9.17, 15) is 14.7 Å². The number of anilines is 1. The summed E-state index contributed by atoms with van der Waals surface area (Å²) < 4.78 is 5.50. The van der Waals surface area contributed by atoms with Crippen LogP contribution in [0.4, 0.5) is 10.5 Å². The molecule has 0 aromatic heterocycles. The topological polar surface area (TPSA) is 92.9 Å². The van der Waals surface area contributed by atoms with Gasteiger partial charge in [-0.15, -0.1) is 11.8 Å². The molecule has 168 valence electrons. The Morgan fingerprint density at radius 2 is 2.13 bits per heavy atom. The molecule has 1 aliphatic heterocycles. The van der Waals surface area contributed by atoms with E-state index in [0.717, 1.165) is 62.1 Å². The van der Waals surface area contributed by atoms with Gasteiger partial charge in [-0.3, -0.25) is 0 Å². The summed E-state index contributed by atoms with van der Waals surface area (Å²) in [5, 5.41) is 9.27. The molecule has 2 rings (SSSR count). The van der Waals surface area contributed by atoms with Gasteiger partial charge in [0.05, 0.1) is 12.5 Å². The van der Waals surface area contributed by atoms with Crippen molar-refractivity contribution in [3.63, 3.8) is 0 Å². The molecule has 6 nitrogen and oxygen atoms in total. The first kappa shape index (κ1) is 24.5. The first-order valence-electron chi connectivity index (χ1n) is 10.8. The van der Waals surface area contributed by atoms with E-state index in [-0.39, 0.29) is 12.7 Å². The van der Waals surface area contributed by atoms with Crippen LogP contribution in [-0.2, 0) is 9.53 Å². The number of thioether (sulfide) groups is 1. The Morgan fingerprint density at radius 1 is 1.37 bits per heavy atom. The number of aliphatic hydroxyl groups is 1. The molecule has 0 radical (unpaired) electrons. The summed E-state index contributed by atoms with van der Waals surface area (Å²) in [5.74, 6) is 1.09. The van der Waals surface area contributed by atoms with Crippen LogP contribution in [0.25, 0.3) is 0 Å². The monoisotopic (exact) mass is 436 g/mol. The van der Waals surface area contributed by atoms with Gasteiger partial charge in [-0.05, 0) is 82.2 Å². The lowest BCUT2D eigenvalue weighted by Crippen LogP contribution is -2.37. The second-order valence-corrected chi connectivity index (χ2v) is 10.1. The SMILES string of the molecule is CC(C)(C)OC(=O)N1CCCC(CCCSc2ccc(C(C=O)CO)c(N)c2)CC1. The van der Waals surface area contributed by atoms with Crippen LogP contribution in [0, 0.1) is 5.92 Å². The van der Waals surface area contributed by atoms with Gasteiger partial charge in [0.1, 0.15) is 11.9 Å². The van der Waals surface area contributed by atoms with Gasteiger partial charge in [0, 0.05) is 23.7 Å². The first-order valence-corrected chi connectivity index (χ1v) is 11.8. The number of carbonyl (C=O) groups is 2. The van der Waals surface area contributed by atoms with Crippen LogP contribution in [0.3, 0.4) is 0 Å². The van der Waals surface area contributed by atoms with Crippen molar-refractivity contribution in [1.29, 1.82) is 0 Å². The molecule has 7 heteroatoms. The highest BCUT2D eigenvalue weighted by molar-refractivity contribution is 7.99. The number of benzene rings is 1. The summed E-state index contributed by atoms with van der Waals surface area (Å²) in [5.41, 5.74) is 6.85. The van der Waals surface area contributed by atoms with Gasteiger partial charge in [-0.1, -0.05) is 6.07 Å². The number of nitrogen functional groups attached to an aromatic ring is 1. The van der Waals surface area contributed by atoms with E-state index in [1.54, 1.807) is 11.8 Å². The number of hydrogen-bond donors (Lipinski definition) is 2. The Hall–Kier alpha value is -1.73.